The largest absolute Gasteiger partial charge is 0.469 e. The summed E-state index contributed by atoms with van der Waals surface area (Å²) in [6, 6.07) is 8.66. The fourth-order valence-electron chi connectivity index (χ4n) is 3.28. The maximum atomic E-state index is 12.2. The highest BCUT2D eigenvalue weighted by atomic mass is 16.6. The van der Waals surface area contributed by atoms with E-state index in [2.05, 4.69) is 10.6 Å². The molecule has 0 bridgehead atoms. The molecule has 1 fully saturated rings. The lowest BCUT2D eigenvalue weighted by Gasteiger charge is -2.35. The average molecular weight is 406 g/mol. The molecule has 0 aliphatic heterocycles. The van der Waals surface area contributed by atoms with E-state index in [1.807, 2.05) is 30.3 Å². The van der Waals surface area contributed by atoms with Gasteiger partial charge in [-0.05, 0) is 45.6 Å². The van der Waals surface area contributed by atoms with Crippen LogP contribution in [0.25, 0.3) is 0 Å². The molecule has 1 aromatic rings. The van der Waals surface area contributed by atoms with E-state index in [9.17, 15) is 14.4 Å². The molecule has 0 spiro atoms. The standard InChI is InChI=1S/C21H30N2O6/c1-21(2,3)29-20(26)22-15-10-11-17(16(12-15)18(24)27-4)23-19(25)28-13-14-8-6-5-7-9-14/h5-9,15-17H,10-13H2,1-4H3,(H,22,26)(H,23,25)/t15-,16-,17?/m1/s1. The molecular weight excluding hydrogens is 376 g/mol. The van der Waals surface area contributed by atoms with Crippen LogP contribution in [-0.2, 0) is 25.6 Å². The Kier molecular flexibility index (Phi) is 7.87. The Bertz CT molecular complexity index is 701. The van der Waals surface area contributed by atoms with Crippen molar-refractivity contribution in [1.82, 2.24) is 10.6 Å². The predicted octanol–water partition coefficient (Wildman–Crippen LogP) is 3.15. The van der Waals surface area contributed by atoms with Crippen molar-refractivity contribution >= 4 is 18.2 Å². The Morgan fingerprint density at radius 2 is 1.72 bits per heavy atom. The number of hydrogen-bond acceptors (Lipinski definition) is 6. The van der Waals surface area contributed by atoms with Crippen molar-refractivity contribution in [2.24, 2.45) is 5.92 Å². The quantitative estimate of drug-likeness (QED) is 0.575. The van der Waals surface area contributed by atoms with Crippen LogP contribution >= 0.6 is 0 Å². The molecule has 8 nitrogen and oxygen atoms in total. The van der Waals surface area contributed by atoms with Crippen molar-refractivity contribution in [2.75, 3.05) is 7.11 Å². The summed E-state index contributed by atoms with van der Waals surface area (Å²) >= 11 is 0. The van der Waals surface area contributed by atoms with Crippen LogP contribution in [0, 0.1) is 5.92 Å². The molecule has 0 radical (unpaired) electrons. The van der Waals surface area contributed by atoms with Gasteiger partial charge >= 0.3 is 18.2 Å². The molecule has 2 rings (SSSR count). The Labute approximate surface area is 171 Å². The first-order valence-electron chi connectivity index (χ1n) is 9.72. The van der Waals surface area contributed by atoms with E-state index in [0.29, 0.717) is 19.3 Å². The maximum absolute atomic E-state index is 12.2. The number of hydrogen-bond donors (Lipinski definition) is 2. The smallest absolute Gasteiger partial charge is 0.407 e. The van der Waals surface area contributed by atoms with Gasteiger partial charge in [-0.25, -0.2) is 9.59 Å². The number of benzene rings is 1. The molecule has 2 N–H and O–H groups in total. The summed E-state index contributed by atoms with van der Waals surface area (Å²) in [4.78, 5) is 36.4. The number of ether oxygens (including phenoxy) is 3. The summed E-state index contributed by atoms with van der Waals surface area (Å²) in [5, 5.41) is 5.55. The molecule has 1 aliphatic rings. The Balaban J connectivity index is 1.90. The van der Waals surface area contributed by atoms with E-state index in [4.69, 9.17) is 14.2 Å². The SMILES string of the molecule is COC(=O)[C@@H]1C[C@H](NC(=O)OC(C)(C)C)CCC1NC(=O)OCc1ccccc1. The van der Waals surface area contributed by atoms with Gasteiger partial charge in [0.1, 0.15) is 12.2 Å². The van der Waals surface area contributed by atoms with Crippen LogP contribution in [0.15, 0.2) is 30.3 Å². The van der Waals surface area contributed by atoms with Crippen LogP contribution in [0.3, 0.4) is 0 Å². The molecule has 29 heavy (non-hydrogen) atoms. The molecule has 3 atom stereocenters. The summed E-state index contributed by atoms with van der Waals surface area (Å²) in [6.45, 7) is 5.49. The van der Waals surface area contributed by atoms with Crippen molar-refractivity contribution in [3.05, 3.63) is 35.9 Å². The highest BCUT2D eigenvalue weighted by molar-refractivity contribution is 5.75. The van der Waals surface area contributed by atoms with Gasteiger partial charge in [0.15, 0.2) is 0 Å². The Morgan fingerprint density at radius 1 is 1.03 bits per heavy atom. The van der Waals surface area contributed by atoms with Gasteiger partial charge in [0.05, 0.1) is 13.0 Å². The first kappa shape index (κ1) is 22.5. The zero-order chi connectivity index (χ0) is 21.4. The summed E-state index contributed by atoms with van der Waals surface area (Å²) in [5.41, 5.74) is 0.269. The van der Waals surface area contributed by atoms with Crippen molar-refractivity contribution in [3.8, 4) is 0 Å². The fraction of sp³-hybridized carbons (Fsp3) is 0.571. The second kappa shape index (κ2) is 10.1. The lowest BCUT2D eigenvalue weighted by molar-refractivity contribution is -0.147. The monoisotopic (exact) mass is 406 g/mol. The minimum Gasteiger partial charge on any atom is -0.469 e. The number of esters is 1. The highest BCUT2D eigenvalue weighted by Gasteiger charge is 2.38. The Hall–Kier alpha value is -2.77. The third kappa shape index (κ3) is 7.63. The number of alkyl carbamates (subject to hydrolysis) is 2. The van der Waals surface area contributed by atoms with Gasteiger partial charge < -0.3 is 24.8 Å². The van der Waals surface area contributed by atoms with Crippen molar-refractivity contribution in [3.63, 3.8) is 0 Å². The van der Waals surface area contributed by atoms with Gasteiger partial charge in [-0.15, -0.1) is 0 Å². The van der Waals surface area contributed by atoms with E-state index < -0.39 is 35.7 Å². The molecular formula is C21H30N2O6. The van der Waals surface area contributed by atoms with Crippen LogP contribution in [0.2, 0.25) is 0 Å². The molecule has 0 heterocycles. The number of rotatable bonds is 5. The number of methoxy groups -OCH3 is 1. The summed E-state index contributed by atoms with van der Waals surface area (Å²) in [7, 11) is 1.30. The van der Waals surface area contributed by atoms with E-state index in [-0.39, 0.29) is 12.6 Å². The lowest BCUT2D eigenvalue weighted by atomic mass is 9.81. The summed E-state index contributed by atoms with van der Waals surface area (Å²) in [5.74, 6) is -1.02. The van der Waals surface area contributed by atoms with Crippen molar-refractivity contribution < 1.29 is 28.6 Å². The topological polar surface area (TPSA) is 103 Å². The lowest BCUT2D eigenvalue weighted by Crippen LogP contribution is -2.52. The number of amides is 2. The van der Waals surface area contributed by atoms with E-state index in [0.717, 1.165) is 5.56 Å². The minimum atomic E-state index is -0.604. The van der Waals surface area contributed by atoms with Crippen molar-refractivity contribution in [1.29, 1.82) is 0 Å². The van der Waals surface area contributed by atoms with Gasteiger partial charge in [-0.2, -0.15) is 0 Å². The third-order valence-electron chi connectivity index (χ3n) is 4.59. The van der Waals surface area contributed by atoms with E-state index >= 15 is 0 Å². The van der Waals surface area contributed by atoms with E-state index in [1.54, 1.807) is 20.8 Å². The highest BCUT2D eigenvalue weighted by Crippen LogP contribution is 2.26. The molecule has 8 heteroatoms. The second-order valence-electron chi connectivity index (χ2n) is 8.10. The van der Waals surface area contributed by atoms with Crippen LogP contribution < -0.4 is 10.6 Å². The number of carbonyl (C=O) groups excluding carboxylic acids is 3. The first-order chi connectivity index (χ1) is 13.7. The molecule has 160 valence electrons. The molecule has 1 unspecified atom stereocenters. The fourth-order valence-corrected chi connectivity index (χ4v) is 3.28. The zero-order valence-electron chi connectivity index (χ0n) is 17.4. The van der Waals surface area contributed by atoms with Gasteiger partial charge in [-0.1, -0.05) is 30.3 Å². The Morgan fingerprint density at radius 3 is 2.34 bits per heavy atom. The minimum absolute atomic E-state index is 0.144. The summed E-state index contributed by atoms with van der Waals surface area (Å²) < 4.78 is 15.4. The summed E-state index contributed by atoms with van der Waals surface area (Å²) in [6.07, 6.45) is 0.318. The average Bonchev–Trinajstić information content (AvgIpc) is 2.66. The number of carbonyl (C=O) groups is 3. The van der Waals surface area contributed by atoms with Gasteiger partial charge in [0.25, 0.3) is 0 Å². The van der Waals surface area contributed by atoms with Crippen molar-refractivity contribution in [2.45, 2.75) is 64.3 Å². The van der Waals surface area contributed by atoms with Crippen LogP contribution in [0.1, 0.15) is 45.6 Å². The van der Waals surface area contributed by atoms with E-state index in [1.165, 1.54) is 7.11 Å². The van der Waals surface area contributed by atoms with Crippen LogP contribution in [-0.4, -0.2) is 43.0 Å². The molecule has 2 amide bonds. The third-order valence-corrected chi connectivity index (χ3v) is 4.59. The molecule has 1 saturated carbocycles. The molecule has 0 saturated heterocycles. The van der Waals surface area contributed by atoms with Gasteiger partial charge in [0, 0.05) is 12.1 Å². The zero-order valence-corrected chi connectivity index (χ0v) is 17.4. The molecule has 1 aliphatic carbocycles. The maximum Gasteiger partial charge on any atom is 0.407 e. The van der Waals surface area contributed by atoms with Crippen LogP contribution in [0.4, 0.5) is 9.59 Å². The predicted molar refractivity (Wildman–Crippen MR) is 106 cm³/mol. The van der Waals surface area contributed by atoms with Gasteiger partial charge in [-0.3, -0.25) is 4.79 Å². The van der Waals surface area contributed by atoms with Crippen LogP contribution in [0.5, 0.6) is 0 Å². The second-order valence-corrected chi connectivity index (χ2v) is 8.10. The number of nitrogens with one attached hydrogen (secondary N) is 2. The van der Waals surface area contributed by atoms with Gasteiger partial charge in [0.2, 0.25) is 0 Å². The first-order valence-corrected chi connectivity index (χ1v) is 9.72. The molecule has 0 aromatic heterocycles. The molecule has 1 aromatic carbocycles. The normalized spacial score (nSPS) is 21.6.